The van der Waals surface area contributed by atoms with Crippen molar-refractivity contribution in [3.05, 3.63) is 24.0 Å². The molecule has 1 aromatic carbocycles. The first kappa shape index (κ1) is 17.2. The molecule has 0 radical (unpaired) electrons. The molecule has 1 fully saturated rings. The van der Waals surface area contributed by atoms with Crippen molar-refractivity contribution in [3.63, 3.8) is 0 Å². The van der Waals surface area contributed by atoms with E-state index in [0.717, 1.165) is 32.1 Å². The van der Waals surface area contributed by atoms with Gasteiger partial charge in [0.05, 0.1) is 19.2 Å². The molecule has 1 aliphatic rings. The molecule has 0 bridgehead atoms. The van der Waals surface area contributed by atoms with Gasteiger partial charge in [0, 0.05) is 12.5 Å². The molecule has 23 heavy (non-hydrogen) atoms. The van der Waals surface area contributed by atoms with Crippen molar-refractivity contribution in [3.8, 4) is 5.75 Å². The summed E-state index contributed by atoms with van der Waals surface area (Å²) in [6.07, 6.45) is 4.61. The van der Waals surface area contributed by atoms with Gasteiger partial charge in [-0.1, -0.05) is 19.3 Å². The van der Waals surface area contributed by atoms with Crippen LogP contribution in [0.4, 0.5) is 10.1 Å². The molecule has 0 heterocycles. The van der Waals surface area contributed by atoms with E-state index in [-0.39, 0.29) is 24.5 Å². The van der Waals surface area contributed by atoms with E-state index in [9.17, 15) is 14.0 Å². The van der Waals surface area contributed by atoms with Crippen LogP contribution in [0.15, 0.2) is 18.2 Å². The van der Waals surface area contributed by atoms with Gasteiger partial charge in [-0.3, -0.25) is 9.59 Å². The number of carbonyl (C=O) groups is 2. The van der Waals surface area contributed by atoms with Crippen molar-refractivity contribution >= 4 is 17.6 Å². The number of carboxylic acids is 1. The summed E-state index contributed by atoms with van der Waals surface area (Å²) in [7, 11) is 1.40. The quantitative estimate of drug-likeness (QED) is 0.839. The number of anilines is 1. The van der Waals surface area contributed by atoms with E-state index in [1.54, 1.807) is 0 Å². The summed E-state index contributed by atoms with van der Waals surface area (Å²) in [5.74, 6) is -1.35. The number of carbonyl (C=O) groups excluding carboxylic acids is 1. The summed E-state index contributed by atoms with van der Waals surface area (Å²) in [5, 5.41) is 11.9. The number of carboxylic acid groups (broad SMARTS) is 1. The number of nitrogens with one attached hydrogen (secondary N) is 1. The molecule has 6 heteroatoms. The van der Waals surface area contributed by atoms with Gasteiger partial charge in [-0.25, -0.2) is 4.39 Å². The highest BCUT2D eigenvalue weighted by Gasteiger charge is 2.36. The summed E-state index contributed by atoms with van der Waals surface area (Å²) in [4.78, 5) is 23.5. The zero-order chi connectivity index (χ0) is 16.9. The Balaban J connectivity index is 2.08. The van der Waals surface area contributed by atoms with Gasteiger partial charge in [-0.2, -0.15) is 0 Å². The molecule has 0 aliphatic heterocycles. The minimum atomic E-state index is -0.876. The predicted octanol–water partition coefficient (Wildman–Crippen LogP) is 3.59. The second-order valence-electron chi connectivity index (χ2n) is 6.20. The molecule has 1 saturated carbocycles. The summed E-state index contributed by atoms with van der Waals surface area (Å²) in [6, 6.07) is 3.88. The lowest BCUT2D eigenvalue weighted by Gasteiger charge is -2.35. The van der Waals surface area contributed by atoms with Crippen molar-refractivity contribution < 1.29 is 23.8 Å². The smallest absolute Gasteiger partial charge is 0.303 e. The van der Waals surface area contributed by atoms with Gasteiger partial charge in [0.15, 0.2) is 0 Å². The second kappa shape index (κ2) is 7.44. The van der Waals surface area contributed by atoms with Crippen molar-refractivity contribution in [1.82, 2.24) is 0 Å². The van der Waals surface area contributed by atoms with Crippen molar-refractivity contribution in [2.75, 3.05) is 12.4 Å². The van der Waals surface area contributed by atoms with Gasteiger partial charge in [-0.15, -0.1) is 0 Å². The van der Waals surface area contributed by atoms with Crippen LogP contribution < -0.4 is 10.1 Å². The maximum Gasteiger partial charge on any atom is 0.303 e. The first-order valence-corrected chi connectivity index (χ1v) is 7.79. The number of hydrogen-bond acceptors (Lipinski definition) is 3. The number of hydrogen-bond donors (Lipinski definition) is 2. The van der Waals surface area contributed by atoms with Crippen molar-refractivity contribution in [2.45, 2.75) is 44.9 Å². The Kier molecular flexibility index (Phi) is 5.58. The number of methoxy groups -OCH3 is 1. The van der Waals surface area contributed by atoms with Crippen LogP contribution in [-0.4, -0.2) is 24.1 Å². The fourth-order valence-electron chi connectivity index (χ4n) is 3.34. The molecule has 2 rings (SSSR count). The Morgan fingerprint density at radius 3 is 2.57 bits per heavy atom. The van der Waals surface area contributed by atoms with Crippen LogP contribution in [0.3, 0.4) is 0 Å². The zero-order valence-corrected chi connectivity index (χ0v) is 13.2. The highest BCUT2D eigenvalue weighted by molar-refractivity contribution is 5.93. The predicted molar refractivity (Wildman–Crippen MR) is 84.0 cm³/mol. The molecule has 0 saturated heterocycles. The highest BCUT2D eigenvalue weighted by Crippen LogP contribution is 2.42. The molecule has 0 aromatic heterocycles. The first-order valence-electron chi connectivity index (χ1n) is 7.79. The van der Waals surface area contributed by atoms with Gasteiger partial charge < -0.3 is 15.2 Å². The van der Waals surface area contributed by atoms with E-state index in [4.69, 9.17) is 9.84 Å². The largest absolute Gasteiger partial charge is 0.494 e. The molecule has 126 valence electrons. The van der Waals surface area contributed by atoms with Crippen molar-refractivity contribution in [2.24, 2.45) is 5.41 Å². The third-order valence-electron chi connectivity index (χ3n) is 4.41. The summed E-state index contributed by atoms with van der Waals surface area (Å²) in [5.41, 5.74) is -0.0956. The van der Waals surface area contributed by atoms with Gasteiger partial charge >= 0.3 is 5.97 Å². The Bertz CT molecular complexity index is 582. The number of ether oxygens (including phenoxy) is 1. The topological polar surface area (TPSA) is 75.6 Å². The number of aliphatic carboxylic acids is 1. The molecule has 1 aliphatic carbocycles. The normalized spacial score (nSPS) is 16.6. The maximum absolute atomic E-state index is 13.2. The fourth-order valence-corrected chi connectivity index (χ4v) is 3.34. The Labute approximate surface area is 134 Å². The molecule has 0 spiro atoms. The van der Waals surface area contributed by atoms with Crippen LogP contribution >= 0.6 is 0 Å². The molecule has 1 amide bonds. The zero-order valence-electron chi connectivity index (χ0n) is 13.2. The van der Waals surface area contributed by atoms with Gasteiger partial charge in [0.1, 0.15) is 11.6 Å². The van der Waals surface area contributed by atoms with E-state index < -0.39 is 17.2 Å². The van der Waals surface area contributed by atoms with E-state index in [2.05, 4.69) is 5.32 Å². The van der Waals surface area contributed by atoms with Gasteiger partial charge in [0.25, 0.3) is 0 Å². The fraction of sp³-hybridized carbons (Fsp3) is 0.529. The van der Waals surface area contributed by atoms with Crippen LogP contribution in [0.1, 0.15) is 44.9 Å². The lowest BCUT2D eigenvalue weighted by Crippen LogP contribution is -2.32. The van der Waals surface area contributed by atoms with E-state index >= 15 is 0 Å². The highest BCUT2D eigenvalue weighted by atomic mass is 19.1. The summed E-state index contributed by atoms with van der Waals surface area (Å²) in [6.45, 7) is 0. The van der Waals surface area contributed by atoms with Crippen LogP contribution in [0.2, 0.25) is 0 Å². The first-order chi connectivity index (χ1) is 10.9. The minimum Gasteiger partial charge on any atom is -0.494 e. The van der Waals surface area contributed by atoms with E-state index in [0.29, 0.717) is 5.69 Å². The lowest BCUT2D eigenvalue weighted by molar-refractivity contribution is -0.140. The SMILES string of the molecule is COc1cc(F)ccc1NC(=O)CC1(CC(=O)O)CCCCC1. The molecule has 0 atom stereocenters. The second-order valence-corrected chi connectivity index (χ2v) is 6.20. The molecule has 1 aromatic rings. The van der Waals surface area contributed by atoms with Gasteiger partial charge in [0.2, 0.25) is 5.91 Å². The molecule has 0 unspecified atom stereocenters. The minimum absolute atomic E-state index is 0.000965. The average molecular weight is 323 g/mol. The third-order valence-corrected chi connectivity index (χ3v) is 4.41. The average Bonchev–Trinajstić information content (AvgIpc) is 2.48. The number of rotatable bonds is 6. The number of benzene rings is 1. The molecule has 2 N–H and O–H groups in total. The van der Waals surface area contributed by atoms with Crippen LogP contribution in [0, 0.1) is 11.2 Å². The molecule has 5 nitrogen and oxygen atoms in total. The number of amides is 1. The number of halogens is 1. The summed E-state index contributed by atoms with van der Waals surface area (Å²) < 4.78 is 18.2. The van der Waals surface area contributed by atoms with Crippen molar-refractivity contribution in [1.29, 1.82) is 0 Å². The Morgan fingerprint density at radius 1 is 1.26 bits per heavy atom. The molecular formula is C17H22FNO4. The summed E-state index contributed by atoms with van der Waals surface area (Å²) >= 11 is 0. The third kappa shape index (κ3) is 4.68. The van der Waals surface area contributed by atoms with Crippen LogP contribution in [0.25, 0.3) is 0 Å². The monoisotopic (exact) mass is 323 g/mol. The van der Waals surface area contributed by atoms with Crippen LogP contribution in [-0.2, 0) is 9.59 Å². The standard InChI is InChI=1S/C17H22FNO4/c1-23-14-9-12(18)5-6-13(14)19-15(20)10-17(11-16(21)22)7-3-2-4-8-17/h5-6,9H,2-4,7-8,10-11H2,1H3,(H,19,20)(H,21,22). The lowest BCUT2D eigenvalue weighted by atomic mass is 9.69. The Morgan fingerprint density at radius 2 is 1.96 bits per heavy atom. The maximum atomic E-state index is 13.2. The van der Waals surface area contributed by atoms with Gasteiger partial charge in [-0.05, 0) is 30.4 Å². The van der Waals surface area contributed by atoms with E-state index in [1.165, 1.54) is 25.3 Å². The van der Waals surface area contributed by atoms with E-state index in [1.807, 2.05) is 0 Å². The molecular weight excluding hydrogens is 301 g/mol. The van der Waals surface area contributed by atoms with Crippen LogP contribution in [0.5, 0.6) is 5.75 Å². The Hall–Kier alpha value is -2.11.